The molecule has 24 heavy (non-hydrogen) atoms. The molecular formula is C18H16N2O3S. The first-order valence-corrected chi connectivity index (χ1v) is 7.85. The standard InChI is InChI=1S/C18H16N2O3S/c1-22-16-9-3-13(11-17(16)23-2)4-10-18(21)20-14-5-7-15(8-6-14)24-12-19/h3-11H,1-2H3,(H,20,21)/b10-4+. The Hall–Kier alpha value is -2.91. The van der Waals surface area contributed by atoms with Crippen LogP contribution in [-0.2, 0) is 4.79 Å². The smallest absolute Gasteiger partial charge is 0.248 e. The van der Waals surface area contributed by atoms with Crippen molar-refractivity contribution in [1.82, 2.24) is 0 Å². The van der Waals surface area contributed by atoms with Gasteiger partial charge in [0.1, 0.15) is 5.40 Å². The van der Waals surface area contributed by atoms with Crippen LogP contribution in [0.4, 0.5) is 5.69 Å². The summed E-state index contributed by atoms with van der Waals surface area (Å²) in [6, 6.07) is 12.5. The van der Waals surface area contributed by atoms with Crippen molar-refractivity contribution in [3.05, 3.63) is 54.1 Å². The normalized spacial score (nSPS) is 10.2. The van der Waals surface area contributed by atoms with Crippen LogP contribution >= 0.6 is 11.8 Å². The van der Waals surface area contributed by atoms with Gasteiger partial charge in [0.2, 0.25) is 5.91 Å². The largest absolute Gasteiger partial charge is 0.493 e. The van der Waals surface area contributed by atoms with E-state index in [1.54, 1.807) is 56.7 Å². The Morgan fingerprint density at radius 2 is 1.83 bits per heavy atom. The summed E-state index contributed by atoms with van der Waals surface area (Å²) in [4.78, 5) is 12.8. The van der Waals surface area contributed by atoms with Gasteiger partial charge in [0.05, 0.1) is 14.2 Å². The number of carbonyl (C=O) groups is 1. The van der Waals surface area contributed by atoms with Gasteiger partial charge < -0.3 is 14.8 Å². The van der Waals surface area contributed by atoms with Crippen molar-refractivity contribution in [2.75, 3.05) is 19.5 Å². The van der Waals surface area contributed by atoms with Crippen LogP contribution < -0.4 is 14.8 Å². The minimum absolute atomic E-state index is 0.245. The molecule has 5 nitrogen and oxygen atoms in total. The zero-order valence-electron chi connectivity index (χ0n) is 13.3. The van der Waals surface area contributed by atoms with E-state index < -0.39 is 0 Å². The third kappa shape index (κ3) is 4.80. The molecule has 2 rings (SSSR count). The van der Waals surface area contributed by atoms with E-state index in [1.165, 1.54) is 6.08 Å². The predicted octanol–water partition coefficient (Wildman–Crippen LogP) is 3.93. The molecule has 0 saturated heterocycles. The minimum atomic E-state index is -0.245. The maximum Gasteiger partial charge on any atom is 0.248 e. The summed E-state index contributed by atoms with van der Waals surface area (Å²) in [6.45, 7) is 0. The lowest BCUT2D eigenvalue weighted by atomic mass is 10.2. The van der Waals surface area contributed by atoms with Crippen molar-refractivity contribution in [3.8, 4) is 16.9 Å². The van der Waals surface area contributed by atoms with Gasteiger partial charge in [-0.25, -0.2) is 0 Å². The van der Waals surface area contributed by atoms with E-state index in [4.69, 9.17) is 14.7 Å². The number of nitriles is 1. The lowest BCUT2D eigenvalue weighted by molar-refractivity contribution is -0.111. The first-order valence-electron chi connectivity index (χ1n) is 7.03. The summed E-state index contributed by atoms with van der Waals surface area (Å²) in [5.41, 5.74) is 1.49. The molecule has 2 aromatic rings. The second kappa shape index (κ2) is 8.65. The first-order chi connectivity index (χ1) is 11.7. The highest BCUT2D eigenvalue weighted by atomic mass is 32.2. The molecule has 1 N–H and O–H groups in total. The van der Waals surface area contributed by atoms with Gasteiger partial charge in [-0.05, 0) is 59.8 Å². The van der Waals surface area contributed by atoms with Crippen LogP contribution in [0.25, 0.3) is 6.08 Å². The molecule has 0 radical (unpaired) electrons. The monoisotopic (exact) mass is 340 g/mol. The van der Waals surface area contributed by atoms with Crippen LogP contribution in [-0.4, -0.2) is 20.1 Å². The number of rotatable bonds is 6. The number of ether oxygens (including phenoxy) is 2. The number of carbonyl (C=O) groups excluding carboxylic acids is 1. The highest BCUT2D eigenvalue weighted by Gasteiger charge is 2.03. The number of nitrogens with one attached hydrogen (secondary N) is 1. The average molecular weight is 340 g/mol. The zero-order chi connectivity index (χ0) is 17.4. The van der Waals surface area contributed by atoms with Crippen molar-refractivity contribution in [3.63, 3.8) is 0 Å². The number of thiocyanates is 1. The minimum Gasteiger partial charge on any atom is -0.493 e. The molecule has 0 fully saturated rings. The average Bonchev–Trinajstić information content (AvgIpc) is 2.61. The Bertz CT molecular complexity index is 780. The van der Waals surface area contributed by atoms with Gasteiger partial charge in [0, 0.05) is 16.7 Å². The molecule has 1 amide bonds. The molecule has 0 aromatic heterocycles. The third-order valence-corrected chi connectivity index (χ3v) is 3.72. The first kappa shape index (κ1) is 17.4. The second-order valence-electron chi connectivity index (χ2n) is 4.65. The number of thioether (sulfide) groups is 1. The van der Waals surface area contributed by atoms with E-state index in [0.717, 1.165) is 22.2 Å². The molecule has 122 valence electrons. The van der Waals surface area contributed by atoms with Gasteiger partial charge >= 0.3 is 0 Å². The molecular weight excluding hydrogens is 324 g/mol. The number of benzene rings is 2. The molecule has 0 aliphatic heterocycles. The lowest BCUT2D eigenvalue weighted by Crippen LogP contribution is -2.07. The molecule has 0 heterocycles. The Morgan fingerprint density at radius 3 is 2.46 bits per heavy atom. The number of anilines is 1. The van der Waals surface area contributed by atoms with E-state index >= 15 is 0 Å². The highest BCUT2D eigenvalue weighted by molar-refractivity contribution is 8.03. The highest BCUT2D eigenvalue weighted by Crippen LogP contribution is 2.28. The van der Waals surface area contributed by atoms with Gasteiger partial charge in [0.25, 0.3) is 0 Å². The van der Waals surface area contributed by atoms with Crippen molar-refractivity contribution in [2.24, 2.45) is 0 Å². The van der Waals surface area contributed by atoms with Crippen molar-refractivity contribution >= 4 is 29.4 Å². The van der Waals surface area contributed by atoms with Crippen LogP contribution in [0.1, 0.15) is 5.56 Å². The number of hydrogen-bond acceptors (Lipinski definition) is 5. The summed E-state index contributed by atoms with van der Waals surface area (Å²) in [5.74, 6) is 0.991. The van der Waals surface area contributed by atoms with E-state index in [0.29, 0.717) is 17.2 Å². The Morgan fingerprint density at radius 1 is 1.12 bits per heavy atom. The fraction of sp³-hybridized carbons (Fsp3) is 0.111. The van der Waals surface area contributed by atoms with Gasteiger partial charge in [-0.2, -0.15) is 5.26 Å². The second-order valence-corrected chi connectivity index (χ2v) is 5.51. The zero-order valence-corrected chi connectivity index (χ0v) is 14.1. The molecule has 0 aliphatic carbocycles. The van der Waals surface area contributed by atoms with Crippen LogP contribution in [0.15, 0.2) is 53.4 Å². The van der Waals surface area contributed by atoms with E-state index in [-0.39, 0.29) is 5.91 Å². The van der Waals surface area contributed by atoms with Gasteiger partial charge in [0.15, 0.2) is 11.5 Å². The van der Waals surface area contributed by atoms with E-state index in [1.807, 2.05) is 11.5 Å². The molecule has 2 aromatic carbocycles. The molecule has 0 spiro atoms. The molecule has 0 aliphatic rings. The fourth-order valence-corrected chi connectivity index (χ4v) is 2.35. The van der Waals surface area contributed by atoms with E-state index in [9.17, 15) is 4.79 Å². The van der Waals surface area contributed by atoms with Crippen LogP contribution in [0.3, 0.4) is 0 Å². The molecule has 6 heteroatoms. The fourth-order valence-electron chi connectivity index (χ4n) is 1.97. The SMILES string of the molecule is COc1ccc(/C=C/C(=O)Nc2ccc(SC#N)cc2)cc1OC. The van der Waals surface area contributed by atoms with E-state index in [2.05, 4.69) is 5.32 Å². The van der Waals surface area contributed by atoms with Crippen molar-refractivity contribution in [1.29, 1.82) is 5.26 Å². The summed E-state index contributed by atoms with van der Waals surface area (Å²) < 4.78 is 10.4. The predicted molar refractivity (Wildman–Crippen MR) is 95.1 cm³/mol. The number of methoxy groups -OCH3 is 2. The quantitative estimate of drug-likeness (QED) is 0.490. The number of amides is 1. The number of hydrogen-bond donors (Lipinski definition) is 1. The van der Waals surface area contributed by atoms with Crippen LogP contribution in [0, 0.1) is 10.7 Å². The third-order valence-electron chi connectivity index (χ3n) is 3.12. The topological polar surface area (TPSA) is 71.3 Å². The van der Waals surface area contributed by atoms with Crippen LogP contribution in [0.2, 0.25) is 0 Å². The summed E-state index contributed by atoms with van der Waals surface area (Å²) in [6.07, 6.45) is 3.14. The lowest BCUT2D eigenvalue weighted by Gasteiger charge is -2.07. The van der Waals surface area contributed by atoms with Crippen LogP contribution in [0.5, 0.6) is 11.5 Å². The Balaban J connectivity index is 2.01. The van der Waals surface area contributed by atoms with Gasteiger partial charge in [-0.1, -0.05) is 6.07 Å². The summed E-state index contributed by atoms with van der Waals surface area (Å²) in [7, 11) is 3.13. The maximum absolute atomic E-state index is 12.0. The molecule has 0 saturated carbocycles. The molecule has 0 bridgehead atoms. The van der Waals surface area contributed by atoms with Crippen molar-refractivity contribution in [2.45, 2.75) is 4.90 Å². The van der Waals surface area contributed by atoms with Gasteiger partial charge in [-0.15, -0.1) is 0 Å². The Labute approximate surface area is 144 Å². The Kier molecular flexibility index (Phi) is 6.29. The maximum atomic E-state index is 12.0. The summed E-state index contributed by atoms with van der Waals surface area (Å²) >= 11 is 1.07. The summed E-state index contributed by atoms with van der Waals surface area (Å²) in [5, 5.41) is 13.4. The molecule has 0 unspecified atom stereocenters. The number of nitrogens with zero attached hydrogens (tertiary/aromatic N) is 1. The van der Waals surface area contributed by atoms with Crippen molar-refractivity contribution < 1.29 is 14.3 Å². The van der Waals surface area contributed by atoms with Gasteiger partial charge in [-0.3, -0.25) is 4.79 Å². The molecule has 0 atom stereocenters.